The van der Waals surface area contributed by atoms with Crippen molar-refractivity contribution in [2.45, 2.75) is 58.3 Å². The zero-order chi connectivity index (χ0) is 25.5. The number of alkyl carbamates (subject to hydrolysis) is 1. The minimum Gasteiger partial charge on any atom is -0.471 e. The Bertz CT molecular complexity index is 1270. The Balaban J connectivity index is 1.89. The predicted octanol–water partition coefficient (Wildman–Crippen LogP) is 8.61. The Morgan fingerprint density at radius 2 is 1.80 bits per heavy atom. The van der Waals surface area contributed by atoms with Gasteiger partial charge >= 0.3 is 6.09 Å². The Morgan fingerprint density at radius 1 is 1.11 bits per heavy atom. The zero-order valence-electron chi connectivity index (χ0n) is 20.2. The predicted molar refractivity (Wildman–Crippen MR) is 144 cm³/mol. The largest absolute Gasteiger partial charge is 0.471 e. The number of rotatable bonds is 3. The van der Waals surface area contributed by atoms with E-state index in [0.717, 1.165) is 26.7 Å². The summed E-state index contributed by atoms with van der Waals surface area (Å²) in [5.74, 6) is 0.450. The van der Waals surface area contributed by atoms with E-state index in [-0.39, 0.29) is 6.04 Å². The highest BCUT2D eigenvalue weighted by atomic mass is 79.9. The second-order valence-electron chi connectivity index (χ2n) is 10.2. The average Bonchev–Trinajstić information content (AvgIpc) is 2.73. The van der Waals surface area contributed by atoms with Crippen molar-refractivity contribution in [2.75, 3.05) is 0 Å². The summed E-state index contributed by atoms with van der Waals surface area (Å²) in [6.45, 7) is 9.45. The van der Waals surface area contributed by atoms with Crippen LogP contribution < -0.4 is 10.1 Å². The number of carbonyl (C=O) groups is 1. The van der Waals surface area contributed by atoms with Crippen LogP contribution in [0.4, 0.5) is 4.79 Å². The molecule has 0 aliphatic carbocycles. The molecule has 1 aromatic heterocycles. The first kappa shape index (κ1) is 25.8. The molecule has 2 heterocycles. The van der Waals surface area contributed by atoms with E-state index in [0.29, 0.717) is 28.0 Å². The van der Waals surface area contributed by atoms with Crippen molar-refractivity contribution in [1.29, 1.82) is 0 Å². The summed E-state index contributed by atoms with van der Waals surface area (Å²) in [5.41, 5.74) is 2.80. The summed E-state index contributed by atoms with van der Waals surface area (Å²) in [7, 11) is 0. The molecule has 0 saturated heterocycles. The van der Waals surface area contributed by atoms with Crippen molar-refractivity contribution in [1.82, 2.24) is 10.3 Å². The number of carbonyl (C=O) groups excluding carboxylic acids is 1. The van der Waals surface area contributed by atoms with Crippen LogP contribution in [0.1, 0.15) is 52.6 Å². The van der Waals surface area contributed by atoms with Crippen molar-refractivity contribution in [2.24, 2.45) is 0 Å². The van der Waals surface area contributed by atoms with Gasteiger partial charge in [0.15, 0.2) is 0 Å². The molecule has 0 fully saturated rings. The molecule has 1 N–H and O–H groups in total. The van der Waals surface area contributed by atoms with Gasteiger partial charge in [-0.05, 0) is 76.6 Å². The van der Waals surface area contributed by atoms with Crippen LogP contribution in [-0.2, 0) is 4.74 Å². The summed E-state index contributed by atoms with van der Waals surface area (Å²) in [5, 5.41) is 4.22. The third-order valence-electron chi connectivity index (χ3n) is 5.49. The zero-order valence-corrected chi connectivity index (χ0v) is 23.3. The minimum absolute atomic E-state index is 0.353. The van der Waals surface area contributed by atoms with E-state index in [2.05, 4.69) is 21.2 Å². The number of fused-ring (bicyclic) bond motifs is 1. The van der Waals surface area contributed by atoms with Crippen LogP contribution in [-0.4, -0.2) is 22.3 Å². The van der Waals surface area contributed by atoms with Gasteiger partial charge in [-0.2, -0.15) is 0 Å². The lowest BCUT2D eigenvalue weighted by molar-refractivity contribution is 0.0367. The number of nitrogens with one attached hydrogen (secondary N) is 1. The van der Waals surface area contributed by atoms with Crippen molar-refractivity contribution < 1.29 is 14.3 Å². The lowest BCUT2D eigenvalue weighted by atomic mass is 9.88. The van der Waals surface area contributed by atoms with E-state index in [1.807, 2.05) is 83.1 Å². The van der Waals surface area contributed by atoms with Gasteiger partial charge in [0.2, 0.25) is 5.88 Å². The Kier molecular flexibility index (Phi) is 7.11. The standard InChI is InChI=1S/C27H27BrCl2N2O3/c1-26(2,3)35-25(33)31-22-14-27(4,5)34-24-20(22)13-18(15-6-9-17(29)10-7-15)23(32-24)19-12-16(28)8-11-21(19)30/h6-13,22H,14H2,1-5H3,(H,31,33). The number of pyridine rings is 1. The summed E-state index contributed by atoms with van der Waals surface area (Å²) in [6, 6.07) is 14.8. The Morgan fingerprint density at radius 3 is 2.46 bits per heavy atom. The van der Waals surface area contributed by atoms with Gasteiger partial charge < -0.3 is 14.8 Å². The molecule has 5 nitrogen and oxygen atoms in total. The molecule has 1 atom stereocenters. The first-order valence-electron chi connectivity index (χ1n) is 11.3. The van der Waals surface area contributed by atoms with E-state index in [9.17, 15) is 4.79 Å². The summed E-state index contributed by atoms with van der Waals surface area (Å²) in [6.07, 6.45) is 0.0659. The maximum absolute atomic E-state index is 12.7. The SMILES string of the molecule is CC(C)(C)OC(=O)NC1CC(C)(C)Oc2nc(-c3cc(Br)ccc3Cl)c(-c3ccc(Cl)cc3)cc21. The molecule has 0 saturated carbocycles. The lowest BCUT2D eigenvalue weighted by Gasteiger charge is -2.37. The molecule has 35 heavy (non-hydrogen) atoms. The van der Waals surface area contributed by atoms with E-state index in [1.54, 1.807) is 0 Å². The van der Waals surface area contributed by atoms with Crippen LogP contribution in [0.25, 0.3) is 22.4 Å². The molecule has 1 amide bonds. The fourth-order valence-electron chi connectivity index (χ4n) is 4.06. The van der Waals surface area contributed by atoms with Crippen LogP contribution in [0.5, 0.6) is 5.88 Å². The molecule has 184 valence electrons. The summed E-state index contributed by atoms with van der Waals surface area (Å²) < 4.78 is 12.7. The van der Waals surface area contributed by atoms with Crippen molar-refractivity contribution in [3.8, 4) is 28.3 Å². The maximum Gasteiger partial charge on any atom is 0.408 e. The van der Waals surface area contributed by atoms with Crippen LogP contribution >= 0.6 is 39.1 Å². The number of amides is 1. The van der Waals surface area contributed by atoms with E-state index in [1.165, 1.54) is 0 Å². The number of benzene rings is 2. The van der Waals surface area contributed by atoms with Crippen molar-refractivity contribution in [3.63, 3.8) is 0 Å². The highest BCUT2D eigenvalue weighted by molar-refractivity contribution is 9.10. The van der Waals surface area contributed by atoms with Crippen molar-refractivity contribution in [3.05, 3.63) is 68.6 Å². The number of nitrogens with zero attached hydrogens (tertiary/aromatic N) is 1. The molecular weight excluding hydrogens is 551 g/mol. The van der Waals surface area contributed by atoms with Crippen LogP contribution in [0.3, 0.4) is 0 Å². The molecule has 1 unspecified atom stereocenters. The fourth-order valence-corrected chi connectivity index (χ4v) is 4.75. The summed E-state index contributed by atoms with van der Waals surface area (Å²) in [4.78, 5) is 17.6. The van der Waals surface area contributed by atoms with Crippen LogP contribution in [0, 0.1) is 0 Å². The highest BCUT2D eigenvalue weighted by Crippen LogP contribution is 2.45. The van der Waals surface area contributed by atoms with E-state index < -0.39 is 17.3 Å². The molecule has 0 bridgehead atoms. The van der Waals surface area contributed by atoms with Gasteiger partial charge in [-0.25, -0.2) is 9.78 Å². The second kappa shape index (κ2) is 9.64. The van der Waals surface area contributed by atoms with E-state index in [4.69, 9.17) is 37.7 Å². The Labute approximate surface area is 224 Å². The molecule has 1 aliphatic heterocycles. The van der Waals surface area contributed by atoms with Gasteiger partial charge in [0.05, 0.1) is 16.8 Å². The van der Waals surface area contributed by atoms with Gasteiger partial charge in [0.25, 0.3) is 0 Å². The topological polar surface area (TPSA) is 60.5 Å². The average molecular weight is 578 g/mol. The first-order valence-corrected chi connectivity index (χ1v) is 12.8. The molecule has 8 heteroatoms. The van der Waals surface area contributed by atoms with Gasteiger partial charge in [-0.15, -0.1) is 0 Å². The molecule has 2 aromatic carbocycles. The molecule has 0 radical (unpaired) electrons. The third-order valence-corrected chi connectivity index (χ3v) is 6.56. The Hall–Kier alpha value is -2.28. The minimum atomic E-state index is -0.610. The number of ether oxygens (including phenoxy) is 2. The third kappa shape index (κ3) is 6.11. The smallest absolute Gasteiger partial charge is 0.408 e. The van der Waals surface area contributed by atoms with Gasteiger partial charge in [0, 0.05) is 32.6 Å². The van der Waals surface area contributed by atoms with Crippen LogP contribution in [0.2, 0.25) is 10.0 Å². The summed E-state index contributed by atoms with van der Waals surface area (Å²) >= 11 is 16.3. The second-order valence-corrected chi connectivity index (χ2v) is 11.9. The number of hydrogen-bond donors (Lipinski definition) is 1. The fraction of sp³-hybridized carbons (Fsp3) is 0.333. The quantitative estimate of drug-likeness (QED) is 0.338. The van der Waals surface area contributed by atoms with E-state index >= 15 is 0 Å². The van der Waals surface area contributed by atoms with Crippen molar-refractivity contribution >= 4 is 45.2 Å². The van der Waals surface area contributed by atoms with Crippen LogP contribution in [0.15, 0.2) is 53.0 Å². The normalized spacial score (nSPS) is 16.7. The molecule has 0 spiro atoms. The highest BCUT2D eigenvalue weighted by Gasteiger charge is 2.37. The number of hydrogen-bond acceptors (Lipinski definition) is 4. The first-order chi connectivity index (χ1) is 16.3. The molecule has 3 aromatic rings. The maximum atomic E-state index is 12.7. The number of aromatic nitrogens is 1. The molecule has 4 rings (SSSR count). The van der Waals surface area contributed by atoms with Gasteiger partial charge in [-0.1, -0.05) is 51.3 Å². The van der Waals surface area contributed by atoms with Gasteiger partial charge in [0.1, 0.15) is 11.2 Å². The number of halogens is 3. The van der Waals surface area contributed by atoms with Gasteiger partial charge in [-0.3, -0.25) is 0 Å². The molecular formula is C27H27BrCl2N2O3. The monoisotopic (exact) mass is 576 g/mol. The lowest BCUT2D eigenvalue weighted by Crippen LogP contribution is -2.43. The molecule has 1 aliphatic rings.